The summed E-state index contributed by atoms with van der Waals surface area (Å²) in [7, 11) is 0. The van der Waals surface area contributed by atoms with E-state index in [0.717, 1.165) is 22.7 Å². The lowest BCUT2D eigenvalue weighted by Gasteiger charge is -2.45. The second-order valence-corrected chi connectivity index (χ2v) is 20.8. The molecule has 6 heteroatoms. The topological polar surface area (TPSA) is 24.9 Å². The van der Waals surface area contributed by atoms with E-state index in [-0.39, 0.29) is 29.8 Å². The van der Waals surface area contributed by atoms with Crippen molar-refractivity contribution in [2.24, 2.45) is 0 Å². The van der Waals surface area contributed by atoms with E-state index in [9.17, 15) is 0 Å². The summed E-state index contributed by atoms with van der Waals surface area (Å²) in [4.78, 5) is 5.20. The van der Waals surface area contributed by atoms with Gasteiger partial charge in [-0.2, -0.15) is 0 Å². The predicted octanol–water partition coefficient (Wildman–Crippen LogP) is 12.1. The van der Waals surface area contributed by atoms with E-state index < -0.39 is 0 Å². The molecule has 0 bridgehead atoms. The molecule has 4 heterocycles. The van der Waals surface area contributed by atoms with Crippen molar-refractivity contribution in [1.29, 1.82) is 0 Å². The Labute approximate surface area is 338 Å². The third-order valence-electron chi connectivity index (χ3n) is 12.4. The number of benzene rings is 5. The zero-order chi connectivity index (χ0) is 40.0. The van der Waals surface area contributed by atoms with Crippen molar-refractivity contribution in [3.05, 3.63) is 111 Å². The van der Waals surface area contributed by atoms with Crippen LogP contribution >= 0.6 is 11.3 Å². The zero-order valence-corrected chi connectivity index (χ0v) is 36.6. The van der Waals surface area contributed by atoms with Crippen LogP contribution in [-0.4, -0.2) is 13.5 Å². The van der Waals surface area contributed by atoms with Gasteiger partial charge in [-0.15, -0.1) is 11.3 Å². The highest BCUT2D eigenvalue weighted by atomic mass is 32.1. The number of thiophene rings is 1. The number of rotatable bonds is 2. The van der Waals surface area contributed by atoms with Gasteiger partial charge in [0.25, 0.3) is 6.71 Å². The molecule has 0 saturated carbocycles. The maximum Gasteiger partial charge on any atom is 0.254 e. The molecule has 9 rings (SSSR count). The van der Waals surface area contributed by atoms with Crippen LogP contribution in [0, 0.1) is 34.6 Å². The van der Waals surface area contributed by atoms with Gasteiger partial charge in [-0.25, -0.2) is 0 Å². The van der Waals surface area contributed by atoms with Crippen LogP contribution < -0.4 is 35.7 Å². The summed E-state index contributed by atoms with van der Waals surface area (Å²) < 4.78 is 13.4. The van der Waals surface area contributed by atoms with Crippen molar-refractivity contribution in [3.8, 4) is 11.5 Å². The van der Waals surface area contributed by atoms with Crippen LogP contribution in [0.3, 0.4) is 0 Å². The van der Waals surface area contributed by atoms with Crippen LogP contribution in [0.15, 0.2) is 66.7 Å². The molecule has 0 fully saturated rings. The van der Waals surface area contributed by atoms with Gasteiger partial charge < -0.3 is 19.3 Å². The van der Waals surface area contributed by atoms with Crippen LogP contribution in [0.1, 0.15) is 107 Å². The predicted molar refractivity (Wildman–Crippen MR) is 242 cm³/mol. The summed E-state index contributed by atoms with van der Waals surface area (Å²) >= 11 is 1.95. The first-order valence-corrected chi connectivity index (χ1v) is 21.0. The monoisotopic (exact) mass is 758 g/mol. The maximum atomic E-state index is 6.16. The Kier molecular flexibility index (Phi) is 8.02. The van der Waals surface area contributed by atoms with E-state index >= 15 is 0 Å². The summed E-state index contributed by atoms with van der Waals surface area (Å²) in [6.45, 7) is 32.5. The fraction of sp³-hybridized carbons (Fsp3) is 0.360. The Morgan fingerprint density at radius 3 is 1.80 bits per heavy atom. The minimum absolute atomic E-state index is 0.0165. The highest BCUT2D eigenvalue weighted by Crippen LogP contribution is 2.53. The summed E-state index contributed by atoms with van der Waals surface area (Å²) in [5.74, 6) is 1.67. The fourth-order valence-corrected chi connectivity index (χ4v) is 10.7. The molecular formula is C50H55BN2O2S. The third-order valence-corrected chi connectivity index (χ3v) is 13.6. The SMILES string of the molecule is Cc1cc2c3c(c1)N(c1c(C)cc(C(C)(C)C)cc1C)c1sc4ccc(C(C)(C)C)cc4c1B3c1cc(C(C)(C)C)ccc1N2c1c(C)cc2c(c1C)OCO2. The second-order valence-electron chi connectivity index (χ2n) is 19.7. The second kappa shape index (κ2) is 12.2. The van der Waals surface area contributed by atoms with E-state index in [1.165, 1.54) is 93.2 Å². The van der Waals surface area contributed by atoms with E-state index in [1.807, 2.05) is 11.3 Å². The van der Waals surface area contributed by atoms with E-state index in [2.05, 4.69) is 173 Å². The lowest BCUT2D eigenvalue weighted by molar-refractivity contribution is 0.173. The standard InChI is InChI=1S/C50H55BN2O2S/c1-27-19-38-43-39(20-27)53(44-28(2)21-34(22-29(44)3)50(12,13)14)47-42(35-24-32(48(6,7)8)16-18-41(35)56-47)51(43)36-25-33(49(9,10)11)15-17-37(36)52(38)45-30(4)23-40-46(31(45)5)55-26-54-40/h15-25H,26H2,1-14H3. The van der Waals surface area contributed by atoms with Gasteiger partial charge in [0, 0.05) is 27.3 Å². The Hall–Kier alpha value is -4.68. The lowest BCUT2D eigenvalue weighted by Crippen LogP contribution is -2.61. The van der Waals surface area contributed by atoms with E-state index in [4.69, 9.17) is 9.47 Å². The minimum Gasteiger partial charge on any atom is -0.454 e. The molecular weight excluding hydrogens is 703 g/mol. The van der Waals surface area contributed by atoms with E-state index in [0.29, 0.717) is 0 Å². The van der Waals surface area contributed by atoms with Gasteiger partial charge in [0.2, 0.25) is 6.79 Å². The van der Waals surface area contributed by atoms with Crippen LogP contribution in [0.25, 0.3) is 10.1 Å². The average molecular weight is 759 g/mol. The molecule has 3 aliphatic rings. The summed E-state index contributed by atoms with van der Waals surface area (Å²) in [6.07, 6.45) is 0. The molecule has 56 heavy (non-hydrogen) atoms. The molecule has 0 atom stereocenters. The zero-order valence-electron chi connectivity index (χ0n) is 35.8. The van der Waals surface area contributed by atoms with Crippen LogP contribution in [0.5, 0.6) is 11.5 Å². The molecule has 0 spiro atoms. The van der Waals surface area contributed by atoms with Crippen molar-refractivity contribution in [3.63, 3.8) is 0 Å². The van der Waals surface area contributed by atoms with Crippen LogP contribution in [-0.2, 0) is 16.2 Å². The van der Waals surface area contributed by atoms with Crippen molar-refractivity contribution in [1.82, 2.24) is 0 Å². The van der Waals surface area contributed by atoms with Gasteiger partial charge >= 0.3 is 0 Å². The van der Waals surface area contributed by atoms with Gasteiger partial charge in [0.15, 0.2) is 11.5 Å². The van der Waals surface area contributed by atoms with Crippen LogP contribution in [0.4, 0.5) is 33.4 Å². The summed E-state index contributed by atoms with van der Waals surface area (Å²) in [5.41, 5.74) is 20.5. The van der Waals surface area contributed by atoms with Gasteiger partial charge in [-0.05, 0) is 142 Å². The van der Waals surface area contributed by atoms with Crippen molar-refractivity contribution < 1.29 is 9.47 Å². The lowest BCUT2D eigenvalue weighted by atomic mass is 9.33. The number of anilines is 6. The molecule has 286 valence electrons. The Morgan fingerprint density at radius 2 is 1.16 bits per heavy atom. The van der Waals surface area contributed by atoms with Gasteiger partial charge in [-0.1, -0.05) is 98.7 Å². The molecule has 0 saturated heterocycles. The number of ether oxygens (including phenoxy) is 2. The number of hydrogen-bond acceptors (Lipinski definition) is 5. The molecule has 0 amide bonds. The van der Waals surface area contributed by atoms with Gasteiger partial charge in [0.1, 0.15) is 0 Å². The quantitative estimate of drug-likeness (QED) is 0.164. The molecule has 0 radical (unpaired) electrons. The normalized spacial score (nSPS) is 14.7. The highest BCUT2D eigenvalue weighted by Gasteiger charge is 2.47. The average Bonchev–Trinajstić information content (AvgIpc) is 3.73. The summed E-state index contributed by atoms with van der Waals surface area (Å²) in [6, 6.07) is 26.4. The molecule has 0 aliphatic carbocycles. The molecule has 0 N–H and O–H groups in total. The van der Waals surface area contributed by atoms with Crippen molar-refractivity contribution in [2.45, 2.75) is 113 Å². The molecule has 4 nitrogen and oxygen atoms in total. The number of fused-ring (bicyclic) bond motifs is 7. The Balaban J connectivity index is 1.45. The van der Waals surface area contributed by atoms with E-state index in [1.54, 1.807) is 0 Å². The first-order valence-electron chi connectivity index (χ1n) is 20.2. The van der Waals surface area contributed by atoms with Gasteiger partial charge in [0.05, 0.1) is 16.4 Å². The van der Waals surface area contributed by atoms with Crippen molar-refractivity contribution >= 4 is 78.0 Å². The largest absolute Gasteiger partial charge is 0.454 e. The maximum absolute atomic E-state index is 6.16. The molecule has 3 aliphatic heterocycles. The van der Waals surface area contributed by atoms with Gasteiger partial charge in [-0.3, -0.25) is 0 Å². The third kappa shape index (κ3) is 5.45. The molecule has 1 aromatic heterocycles. The Morgan fingerprint density at radius 1 is 0.571 bits per heavy atom. The Bertz CT molecular complexity index is 2630. The number of hydrogen-bond donors (Lipinski definition) is 0. The molecule has 6 aromatic rings. The smallest absolute Gasteiger partial charge is 0.254 e. The number of nitrogens with zero attached hydrogens (tertiary/aromatic N) is 2. The molecule has 0 unspecified atom stereocenters. The fourth-order valence-electron chi connectivity index (χ4n) is 9.50. The minimum atomic E-state index is -0.0243. The highest BCUT2D eigenvalue weighted by molar-refractivity contribution is 7.26. The summed E-state index contributed by atoms with van der Waals surface area (Å²) in [5, 5.41) is 2.69. The number of aryl methyl sites for hydroxylation is 4. The van der Waals surface area contributed by atoms with Crippen molar-refractivity contribution in [2.75, 3.05) is 16.6 Å². The molecule has 5 aromatic carbocycles. The first kappa shape index (κ1) is 36.9. The van der Waals surface area contributed by atoms with Crippen LogP contribution in [0.2, 0.25) is 0 Å². The first-order chi connectivity index (χ1) is 26.2.